The van der Waals surface area contributed by atoms with E-state index in [1.165, 1.54) is 35.5 Å². The molecule has 0 unspecified atom stereocenters. The number of fused-ring (bicyclic) bond motifs is 4. The van der Waals surface area contributed by atoms with E-state index in [1.807, 2.05) is 69.3 Å². The van der Waals surface area contributed by atoms with Crippen LogP contribution in [0.15, 0.2) is 89.0 Å². The minimum absolute atomic E-state index is 0.0430. The van der Waals surface area contributed by atoms with Crippen molar-refractivity contribution in [2.75, 3.05) is 11.5 Å². The second kappa shape index (κ2) is 17.0. The molecule has 0 spiro atoms. The van der Waals surface area contributed by atoms with Crippen molar-refractivity contribution in [3.05, 3.63) is 144 Å². The number of nitrogens with zero attached hydrogens (tertiary/aromatic N) is 16. The predicted molar refractivity (Wildman–Crippen MR) is 265 cm³/mol. The van der Waals surface area contributed by atoms with Crippen LogP contribution in [0.2, 0.25) is 0 Å². The Bertz CT molecular complexity index is 4020. The lowest BCUT2D eigenvalue weighted by Crippen LogP contribution is -2.27. The van der Waals surface area contributed by atoms with Crippen LogP contribution in [-0.2, 0) is 27.2 Å². The summed E-state index contributed by atoms with van der Waals surface area (Å²) in [6.45, 7) is 7.79. The maximum atomic E-state index is 14.2. The van der Waals surface area contributed by atoms with E-state index in [0.29, 0.717) is 93.6 Å². The number of halogens is 2. The Morgan fingerprint density at radius 1 is 0.638 bits per heavy atom. The summed E-state index contributed by atoms with van der Waals surface area (Å²) >= 11 is 2.11. The van der Waals surface area contributed by atoms with Crippen LogP contribution in [0.1, 0.15) is 34.2 Å². The summed E-state index contributed by atoms with van der Waals surface area (Å²) in [7, 11) is 3.47. The van der Waals surface area contributed by atoms with E-state index >= 15 is 0 Å². The average molecular weight is 1040 g/mol. The first kappa shape index (κ1) is 44.4. The number of rotatable bonds is 7. The second-order valence-electron chi connectivity index (χ2n) is 16.3. The summed E-state index contributed by atoms with van der Waals surface area (Å²) in [5.41, 5.74) is 20.0. The highest BCUT2D eigenvalue weighted by Gasteiger charge is 2.25. The summed E-state index contributed by atoms with van der Waals surface area (Å²) in [6.07, 6.45) is 2.72. The molecular weight excluding hydrogens is 999 g/mol. The van der Waals surface area contributed by atoms with Crippen LogP contribution in [-0.4, -0.2) is 83.3 Å². The number of aryl methyl sites for hydroxylation is 6. The predicted octanol–water partition coefficient (Wildman–Crippen LogP) is 5.13. The maximum Gasteiger partial charge on any atom is 0.284 e. The first-order valence-corrected chi connectivity index (χ1v) is 22.3. The van der Waals surface area contributed by atoms with Crippen LogP contribution in [0.3, 0.4) is 0 Å². The summed E-state index contributed by atoms with van der Waals surface area (Å²) < 4.78 is 24.5. The Labute approximate surface area is 402 Å². The van der Waals surface area contributed by atoms with Gasteiger partial charge in [0.1, 0.15) is 69.5 Å². The smallest absolute Gasteiger partial charge is 0.284 e. The van der Waals surface area contributed by atoms with Crippen molar-refractivity contribution in [2.45, 2.75) is 40.8 Å². The molecule has 11 aromatic rings. The summed E-state index contributed by atoms with van der Waals surface area (Å²) in [4.78, 5) is 54.1. The van der Waals surface area contributed by atoms with E-state index in [-0.39, 0.29) is 30.0 Å². The molecule has 3 aromatic carbocycles. The fourth-order valence-corrected chi connectivity index (χ4v) is 9.32. The number of aromatic nitrogens is 16. The monoisotopic (exact) mass is 1040 g/mol. The fourth-order valence-electron chi connectivity index (χ4n) is 8.54. The molecule has 0 saturated carbocycles. The molecule has 5 N–H and O–H groups in total. The van der Waals surface area contributed by atoms with Crippen molar-refractivity contribution >= 4 is 78.4 Å². The SMILES string of the molecule is Cc1ccccc1-n1c(Cn2nc(-c3ccc(O)c(F)c3)c3c(N)ncnc32)nc2c(C)nn(C)c2c1=O.Cc1ccccc1-n1c(Cn2nc(I)c3c(N)ncnc32)nc2c(C)nn(C)c2c1=O. The minimum atomic E-state index is -0.798. The number of phenolic OH excluding ortho intramolecular Hbond substituents is 1. The Balaban J connectivity index is 0.000000164. The molecule has 0 bridgehead atoms. The quantitative estimate of drug-likeness (QED) is 0.175. The van der Waals surface area contributed by atoms with Crippen molar-refractivity contribution in [3.63, 3.8) is 0 Å². The van der Waals surface area contributed by atoms with Gasteiger partial charge < -0.3 is 16.6 Å². The molecule has 0 amide bonds. The minimum Gasteiger partial charge on any atom is -0.505 e. The molecule has 0 aliphatic rings. The number of benzene rings is 3. The average Bonchev–Trinajstić information content (AvgIpc) is 4.03. The van der Waals surface area contributed by atoms with E-state index in [9.17, 15) is 19.1 Å². The Kier molecular flexibility index (Phi) is 10.9. The molecular formula is C46H40FIN18O3. The summed E-state index contributed by atoms with van der Waals surface area (Å²) in [5, 5.41) is 28.8. The Morgan fingerprint density at radius 3 is 1.62 bits per heavy atom. The van der Waals surface area contributed by atoms with Crippen molar-refractivity contribution in [1.82, 2.24) is 78.2 Å². The fraction of sp³-hybridized carbons (Fsp3) is 0.174. The molecule has 0 aliphatic carbocycles. The number of nitrogens with two attached hydrogens (primary N) is 2. The lowest BCUT2D eigenvalue weighted by Gasteiger charge is -2.15. The molecule has 0 aliphatic heterocycles. The zero-order chi connectivity index (χ0) is 48.6. The van der Waals surface area contributed by atoms with Gasteiger partial charge in [0.2, 0.25) is 0 Å². The van der Waals surface area contributed by atoms with Gasteiger partial charge in [-0.2, -0.15) is 20.4 Å². The number of hydrogen-bond acceptors (Lipinski definition) is 15. The van der Waals surface area contributed by atoms with E-state index in [2.05, 4.69) is 57.8 Å². The number of para-hydroxylation sites is 2. The lowest BCUT2D eigenvalue weighted by atomic mass is 10.1. The van der Waals surface area contributed by atoms with E-state index < -0.39 is 11.6 Å². The van der Waals surface area contributed by atoms with E-state index in [4.69, 9.17) is 26.5 Å². The van der Waals surface area contributed by atoms with Crippen LogP contribution in [0, 0.1) is 37.2 Å². The highest BCUT2D eigenvalue weighted by molar-refractivity contribution is 14.1. The number of phenols is 1. The number of hydrogen-bond donors (Lipinski definition) is 3. The van der Waals surface area contributed by atoms with Crippen molar-refractivity contribution in [2.24, 2.45) is 14.1 Å². The highest BCUT2D eigenvalue weighted by Crippen LogP contribution is 2.33. The second-order valence-corrected chi connectivity index (χ2v) is 17.3. The highest BCUT2D eigenvalue weighted by atomic mass is 127. The molecule has 0 radical (unpaired) electrons. The van der Waals surface area contributed by atoms with Gasteiger partial charge in [-0.15, -0.1) is 0 Å². The maximum absolute atomic E-state index is 14.2. The Hall–Kier alpha value is -8.48. The molecule has 8 aromatic heterocycles. The molecule has 346 valence electrons. The topological polar surface area (TPSA) is 265 Å². The van der Waals surface area contributed by atoms with E-state index in [1.54, 1.807) is 44.2 Å². The summed E-state index contributed by atoms with van der Waals surface area (Å²) in [5.74, 6) is 0.177. The lowest BCUT2D eigenvalue weighted by molar-refractivity contribution is 0.432. The molecule has 21 nitrogen and oxygen atoms in total. The van der Waals surface area contributed by atoms with Gasteiger partial charge in [0.15, 0.2) is 33.9 Å². The molecule has 11 rings (SSSR count). The molecule has 0 fully saturated rings. The van der Waals surface area contributed by atoms with Gasteiger partial charge in [-0.1, -0.05) is 36.4 Å². The van der Waals surface area contributed by atoms with Crippen LogP contribution in [0.4, 0.5) is 16.0 Å². The van der Waals surface area contributed by atoms with Crippen molar-refractivity contribution in [1.29, 1.82) is 0 Å². The van der Waals surface area contributed by atoms with Gasteiger partial charge in [0.25, 0.3) is 11.1 Å². The molecule has 23 heteroatoms. The number of anilines is 2. The first-order valence-electron chi connectivity index (χ1n) is 21.2. The van der Waals surface area contributed by atoms with Crippen molar-refractivity contribution in [3.8, 4) is 28.4 Å². The normalized spacial score (nSPS) is 11.6. The van der Waals surface area contributed by atoms with Crippen molar-refractivity contribution < 1.29 is 9.50 Å². The van der Waals surface area contributed by atoms with Crippen LogP contribution in [0.25, 0.3) is 66.8 Å². The van der Waals surface area contributed by atoms with Gasteiger partial charge in [-0.3, -0.25) is 28.1 Å². The first-order chi connectivity index (χ1) is 33.1. The largest absolute Gasteiger partial charge is 0.505 e. The Morgan fingerprint density at radius 2 is 1.12 bits per heavy atom. The van der Waals surface area contributed by atoms with Gasteiger partial charge in [0, 0.05) is 19.7 Å². The van der Waals surface area contributed by atoms with E-state index in [0.717, 1.165) is 16.8 Å². The van der Waals surface area contributed by atoms with Gasteiger partial charge in [0.05, 0.1) is 33.5 Å². The molecule has 0 saturated heterocycles. The molecule has 0 atom stereocenters. The zero-order valence-corrected chi connectivity index (χ0v) is 39.9. The zero-order valence-electron chi connectivity index (χ0n) is 37.7. The summed E-state index contributed by atoms with van der Waals surface area (Å²) in [6, 6.07) is 19.2. The van der Waals surface area contributed by atoms with Crippen LogP contribution < -0.4 is 22.6 Å². The third-order valence-electron chi connectivity index (χ3n) is 11.8. The van der Waals surface area contributed by atoms with Gasteiger partial charge >= 0.3 is 0 Å². The number of aromatic hydroxyl groups is 1. The third kappa shape index (κ3) is 7.46. The number of nitrogen functional groups attached to an aromatic ring is 2. The standard InChI is InChI=1S/C26H22FN9O2.C20H18IN9O/c1-13-6-4-5-7-17(13)36-19(31-21-14(2)32-34(3)23(21)26(36)38)11-35-25-20(24(28)29-12-30-25)22(33-35)15-8-9-18(37)16(27)10-15;1-10-6-4-5-7-12(10)30-13(25-15-11(2)26-28(3)16(15)20(30)31)8-29-19-14(17(21)27-29)18(22)23-9-24-19/h4-10,12,37H,11H2,1-3H3,(H2,28,29,30);4-7,9H,8H2,1-3H3,(H2,22,23,24). The van der Waals surface area contributed by atoms with Crippen LogP contribution >= 0.6 is 22.6 Å². The van der Waals surface area contributed by atoms with Gasteiger partial charge in [-0.25, -0.2) is 43.7 Å². The molecule has 8 heterocycles. The van der Waals surface area contributed by atoms with Gasteiger partial charge in [-0.05, 0) is 91.7 Å². The van der Waals surface area contributed by atoms with Crippen LogP contribution in [0.5, 0.6) is 5.75 Å². The third-order valence-corrected chi connectivity index (χ3v) is 12.5. The molecule has 69 heavy (non-hydrogen) atoms.